The Morgan fingerprint density at radius 2 is 1.90 bits per heavy atom. The molecule has 2 aliphatic heterocycles. The highest BCUT2D eigenvalue weighted by molar-refractivity contribution is 5.77. The second-order valence-corrected chi connectivity index (χ2v) is 12.7. The van der Waals surface area contributed by atoms with Crippen molar-refractivity contribution in [3.05, 3.63) is 23.9 Å². The minimum absolute atomic E-state index is 0.0363. The van der Waals surface area contributed by atoms with Gasteiger partial charge >= 0.3 is 12.1 Å². The molecule has 0 spiro atoms. The fourth-order valence-corrected chi connectivity index (χ4v) is 5.97. The van der Waals surface area contributed by atoms with Gasteiger partial charge in [0.1, 0.15) is 29.7 Å². The van der Waals surface area contributed by atoms with Gasteiger partial charge in [0, 0.05) is 31.1 Å². The molecule has 1 amide bonds. The van der Waals surface area contributed by atoms with E-state index >= 15 is 0 Å². The molecular weight excluding hydrogens is 512 g/mol. The van der Waals surface area contributed by atoms with Crippen LogP contribution >= 0.6 is 0 Å². The number of ether oxygens (including phenoxy) is 3. The van der Waals surface area contributed by atoms with Gasteiger partial charge in [-0.2, -0.15) is 0 Å². The van der Waals surface area contributed by atoms with E-state index in [0.29, 0.717) is 36.2 Å². The van der Waals surface area contributed by atoms with Crippen LogP contribution in [0, 0.1) is 17.3 Å². The number of nitrogens with zero attached hydrogens (tertiary/aromatic N) is 3. The molecule has 1 unspecified atom stereocenters. The number of benzene rings is 1. The standard InChI is InChI=1S/C30H42N4O6/c1-17-24-15-34(26(17)28(35)36)16-25(30(2,3)4)33-29(37)40-23-13-18(23)9-7-6-8-10-21-27(39-24)32-22-14-19(38-5)11-12-20(22)31-21/h11-12,14,17-18,23-26H,6-10,13,15-16H2,1-5H3,(H,33,37)(H,35,36)/t17-,18-,23-,24+,25-,26+/m1/s1. The molecule has 1 aromatic heterocycles. The Kier molecular flexibility index (Phi) is 8.08. The molecule has 2 aromatic rings. The number of carbonyl (C=O) groups is 2. The van der Waals surface area contributed by atoms with Crippen LogP contribution in [0.5, 0.6) is 11.6 Å². The Morgan fingerprint density at radius 1 is 1.10 bits per heavy atom. The van der Waals surface area contributed by atoms with Crippen LogP contribution in [0.1, 0.15) is 65.5 Å². The Morgan fingerprint density at radius 3 is 2.62 bits per heavy atom. The predicted molar refractivity (Wildman–Crippen MR) is 150 cm³/mol. The third-order valence-electron chi connectivity index (χ3n) is 8.67. The summed E-state index contributed by atoms with van der Waals surface area (Å²) in [4.78, 5) is 37.0. The number of aromatic nitrogens is 2. The first-order valence-electron chi connectivity index (χ1n) is 14.5. The van der Waals surface area contributed by atoms with Crippen molar-refractivity contribution in [1.82, 2.24) is 20.2 Å². The number of carboxylic acids is 1. The first-order valence-corrected chi connectivity index (χ1v) is 14.5. The first-order chi connectivity index (χ1) is 19.0. The number of hydrogen-bond acceptors (Lipinski definition) is 8. The lowest BCUT2D eigenvalue weighted by Crippen LogP contribution is -2.53. The maximum atomic E-state index is 12.8. The van der Waals surface area contributed by atoms with Crippen LogP contribution in [0.3, 0.4) is 0 Å². The second kappa shape index (κ2) is 11.4. The fraction of sp³-hybridized carbons (Fsp3) is 0.667. The smallest absolute Gasteiger partial charge is 0.407 e. The topological polar surface area (TPSA) is 123 Å². The van der Waals surface area contributed by atoms with E-state index < -0.39 is 24.2 Å². The highest BCUT2D eigenvalue weighted by Crippen LogP contribution is 2.39. The zero-order valence-electron chi connectivity index (χ0n) is 24.2. The number of amides is 1. The molecule has 3 heterocycles. The minimum Gasteiger partial charge on any atom is -0.497 e. The number of aliphatic carboxylic acids is 1. The third-order valence-corrected chi connectivity index (χ3v) is 8.67. The van der Waals surface area contributed by atoms with Gasteiger partial charge in [-0.05, 0) is 49.1 Å². The molecule has 2 bridgehead atoms. The van der Waals surface area contributed by atoms with Crippen molar-refractivity contribution in [2.75, 3.05) is 20.2 Å². The van der Waals surface area contributed by atoms with Crippen molar-refractivity contribution in [2.45, 2.75) is 90.5 Å². The Hall–Kier alpha value is -3.14. The number of carboxylic acid groups (broad SMARTS) is 1. The number of carbonyl (C=O) groups excluding carboxylic acids is 1. The maximum absolute atomic E-state index is 12.8. The highest BCUT2D eigenvalue weighted by Gasteiger charge is 2.47. The molecule has 2 N–H and O–H groups in total. The van der Waals surface area contributed by atoms with E-state index in [-0.39, 0.29) is 23.5 Å². The zero-order chi connectivity index (χ0) is 28.6. The van der Waals surface area contributed by atoms with E-state index in [1.165, 1.54) is 0 Å². The van der Waals surface area contributed by atoms with Crippen LogP contribution in [0.2, 0.25) is 0 Å². The van der Waals surface area contributed by atoms with Crippen molar-refractivity contribution < 1.29 is 28.9 Å². The number of rotatable bonds is 2. The summed E-state index contributed by atoms with van der Waals surface area (Å²) in [6.07, 6.45) is 4.80. The molecule has 5 rings (SSSR count). The Balaban J connectivity index is 1.47. The summed E-state index contributed by atoms with van der Waals surface area (Å²) in [6, 6.07) is 4.54. The van der Waals surface area contributed by atoms with Crippen molar-refractivity contribution in [2.24, 2.45) is 17.3 Å². The summed E-state index contributed by atoms with van der Waals surface area (Å²) < 4.78 is 17.7. The number of nitrogens with one attached hydrogen (secondary N) is 1. The summed E-state index contributed by atoms with van der Waals surface area (Å²) in [5.41, 5.74) is 1.93. The highest BCUT2D eigenvalue weighted by atomic mass is 16.6. The Bertz CT molecular complexity index is 1250. The first kappa shape index (κ1) is 28.4. The molecule has 1 saturated heterocycles. The lowest BCUT2D eigenvalue weighted by Gasteiger charge is -2.35. The normalized spacial score (nSPS) is 31.4. The lowest BCUT2D eigenvalue weighted by atomic mass is 9.86. The number of hydrogen-bond donors (Lipinski definition) is 2. The molecule has 10 heteroatoms. The van der Waals surface area contributed by atoms with Crippen LogP contribution in [-0.2, 0) is 16.0 Å². The number of methoxy groups -OCH3 is 1. The maximum Gasteiger partial charge on any atom is 0.407 e. The van der Waals surface area contributed by atoms with Crippen molar-refractivity contribution in [3.8, 4) is 11.6 Å². The summed E-state index contributed by atoms with van der Waals surface area (Å²) in [7, 11) is 1.61. The van der Waals surface area contributed by atoms with E-state index in [0.717, 1.165) is 49.7 Å². The molecule has 40 heavy (non-hydrogen) atoms. The molecule has 1 aromatic carbocycles. The fourth-order valence-electron chi connectivity index (χ4n) is 5.97. The van der Waals surface area contributed by atoms with Gasteiger partial charge < -0.3 is 24.6 Å². The van der Waals surface area contributed by atoms with Gasteiger partial charge in [0.25, 0.3) is 0 Å². The van der Waals surface area contributed by atoms with Crippen molar-refractivity contribution >= 4 is 23.1 Å². The summed E-state index contributed by atoms with van der Waals surface area (Å²) in [6.45, 7) is 8.78. The van der Waals surface area contributed by atoms with Crippen LogP contribution in [0.15, 0.2) is 18.2 Å². The largest absolute Gasteiger partial charge is 0.497 e. The van der Waals surface area contributed by atoms with Crippen LogP contribution in [0.25, 0.3) is 11.0 Å². The average Bonchev–Trinajstić information content (AvgIpc) is 3.54. The van der Waals surface area contributed by atoms with Gasteiger partial charge in [-0.25, -0.2) is 14.8 Å². The molecule has 218 valence electrons. The van der Waals surface area contributed by atoms with Crippen LogP contribution < -0.4 is 14.8 Å². The van der Waals surface area contributed by atoms with E-state index in [1.54, 1.807) is 7.11 Å². The minimum atomic E-state index is -0.907. The van der Waals surface area contributed by atoms with E-state index in [2.05, 4.69) is 5.32 Å². The van der Waals surface area contributed by atoms with Crippen molar-refractivity contribution in [1.29, 1.82) is 0 Å². The number of alkyl carbamates (subject to hydrolysis) is 1. The Labute approximate surface area is 235 Å². The molecular formula is C30H42N4O6. The zero-order valence-corrected chi connectivity index (χ0v) is 24.2. The quantitative estimate of drug-likeness (QED) is 0.555. The predicted octanol–water partition coefficient (Wildman–Crippen LogP) is 4.44. The summed E-state index contributed by atoms with van der Waals surface area (Å²) in [5, 5.41) is 13.3. The lowest BCUT2D eigenvalue weighted by molar-refractivity contribution is -0.143. The van der Waals surface area contributed by atoms with Crippen molar-refractivity contribution in [3.63, 3.8) is 0 Å². The van der Waals surface area contributed by atoms with E-state index in [1.807, 2.05) is 50.8 Å². The molecule has 0 radical (unpaired) electrons. The number of aryl methyl sites for hydroxylation is 1. The van der Waals surface area contributed by atoms with E-state index in [4.69, 9.17) is 24.2 Å². The molecule has 2 fully saturated rings. The molecule has 7 atom stereocenters. The molecule has 10 nitrogen and oxygen atoms in total. The summed E-state index contributed by atoms with van der Waals surface area (Å²) in [5.74, 6) is 0.334. The van der Waals surface area contributed by atoms with Gasteiger partial charge in [0.2, 0.25) is 5.88 Å². The van der Waals surface area contributed by atoms with Gasteiger partial charge in [-0.1, -0.05) is 40.5 Å². The summed E-state index contributed by atoms with van der Waals surface area (Å²) >= 11 is 0. The number of fused-ring (bicyclic) bond motifs is 5. The molecule has 1 aliphatic carbocycles. The molecule has 3 aliphatic rings. The van der Waals surface area contributed by atoms with E-state index in [9.17, 15) is 14.7 Å². The van der Waals surface area contributed by atoms with Crippen LogP contribution in [-0.4, -0.2) is 76.5 Å². The SMILES string of the molecule is COc1ccc2nc3c(nc2c1)O[C@H]1CN(C[C@H](C(C)(C)C)NC(=O)O[C@@H]2C[C@H]2CCCCC3)[C@H](C(=O)O)[C@@H]1C. The average molecular weight is 555 g/mol. The van der Waals surface area contributed by atoms with Crippen LogP contribution in [0.4, 0.5) is 4.79 Å². The van der Waals surface area contributed by atoms with Gasteiger partial charge in [-0.3, -0.25) is 9.69 Å². The van der Waals surface area contributed by atoms with Gasteiger partial charge in [0.15, 0.2) is 0 Å². The molecule has 1 saturated carbocycles. The van der Waals surface area contributed by atoms with Gasteiger partial charge in [-0.15, -0.1) is 0 Å². The second-order valence-electron chi connectivity index (χ2n) is 12.7. The van der Waals surface area contributed by atoms with Gasteiger partial charge in [0.05, 0.1) is 18.1 Å². The monoisotopic (exact) mass is 554 g/mol. The third kappa shape index (κ3) is 6.27.